The van der Waals surface area contributed by atoms with Gasteiger partial charge >= 0.3 is 0 Å². The fraction of sp³-hybridized carbons (Fsp3) is 0.474. The number of carbonyl (C=O) groups is 1. The number of hydrogen-bond donors (Lipinski definition) is 2. The highest BCUT2D eigenvalue weighted by atomic mass is 16.1. The van der Waals surface area contributed by atoms with Gasteiger partial charge in [0.2, 0.25) is 0 Å². The first-order valence-corrected chi connectivity index (χ1v) is 8.66. The van der Waals surface area contributed by atoms with Gasteiger partial charge in [0.1, 0.15) is 0 Å². The summed E-state index contributed by atoms with van der Waals surface area (Å²) in [5, 5.41) is 9.98. The highest BCUT2D eigenvalue weighted by Gasteiger charge is 2.19. The van der Waals surface area contributed by atoms with Gasteiger partial charge in [-0.25, -0.2) is 0 Å². The predicted octanol–water partition coefficient (Wildman–Crippen LogP) is 3.95. The van der Waals surface area contributed by atoms with Crippen LogP contribution >= 0.6 is 0 Å². The molecule has 0 saturated carbocycles. The largest absolute Gasteiger partial charge is 0.372 e. The Morgan fingerprint density at radius 2 is 1.79 bits per heavy atom. The molecule has 1 amide bonds. The second kappa shape index (κ2) is 6.67. The number of aromatic amines is 1. The smallest absolute Gasteiger partial charge is 0.276 e. The predicted molar refractivity (Wildman–Crippen MR) is 97.7 cm³/mol. The Hall–Kier alpha value is -2.30. The van der Waals surface area contributed by atoms with E-state index in [1.807, 2.05) is 18.2 Å². The van der Waals surface area contributed by atoms with Gasteiger partial charge in [0.15, 0.2) is 5.69 Å². The summed E-state index contributed by atoms with van der Waals surface area (Å²) < 4.78 is 0. The number of nitrogens with zero attached hydrogens (tertiary/aromatic N) is 2. The molecule has 3 rings (SSSR count). The second-order valence-corrected chi connectivity index (χ2v) is 7.47. The molecule has 2 N–H and O–H groups in total. The third kappa shape index (κ3) is 3.78. The normalized spacial score (nSPS) is 15.4. The van der Waals surface area contributed by atoms with E-state index in [1.165, 1.54) is 24.9 Å². The van der Waals surface area contributed by atoms with Crippen LogP contribution in [0.4, 0.5) is 11.4 Å². The molecule has 1 aromatic heterocycles. The van der Waals surface area contributed by atoms with E-state index >= 15 is 0 Å². The Labute approximate surface area is 143 Å². The van der Waals surface area contributed by atoms with Crippen LogP contribution in [-0.2, 0) is 5.41 Å². The van der Waals surface area contributed by atoms with E-state index in [-0.39, 0.29) is 11.3 Å². The van der Waals surface area contributed by atoms with E-state index < -0.39 is 0 Å². The first kappa shape index (κ1) is 16.6. The van der Waals surface area contributed by atoms with Crippen LogP contribution < -0.4 is 10.2 Å². The SMILES string of the molecule is CC(C)(C)c1cc(C(=O)Nc2ccc(N3CCCCC3)cc2)n[nH]1. The maximum Gasteiger partial charge on any atom is 0.276 e. The lowest BCUT2D eigenvalue weighted by Gasteiger charge is -2.28. The molecule has 2 aromatic rings. The summed E-state index contributed by atoms with van der Waals surface area (Å²) in [4.78, 5) is 14.7. The van der Waals surface area contributed by atoms with Gasteiger partial charge in [-0.2, -0.15) is 5.10 Å². The Morgan fingerprint density at radius 3 is 2.38 bits per heavy atom. The third-order valence-electron chi connectivity index (χ3n) is 4.46. The van der Waals surface area contributed by atoms with Crippen molar-refractivity contribution in [1.82, 2.24) is 10.2 Å². The fourth-order valence-electron chi connectivity index (χ4n) is 2.93. The van der Waals surface area contributed by atoms with Crippen molar-refractivity contribution in [2.45, 2.75) is 45.4 Å². The van der Waals surface area contributed by atoms with Crippen molar-refractivity contribution in [3.8, 4) is 0 Å². The molecule has 0 atom stereocenters. The average Bonchev–Trinajstić information content (AvgIpc) is 3.07. The standard InChI is InChI=1S/C19H26N4O/c1-19(2,3)17-13-16(21-22-17)18(24)20-14-7-9-15(10-8-14)23-11-5-4-6-12-23/h7-10,13H,4-6,11-12H2,1-3H3,(H,20,24)(H,21,22). The maximum absolute atomic E-state index is 12.3. The number of nitrogens with one attached hydrogen (secondary N) is 2. The molecule has 0 radical (unpaired) electrons. The van der Waals surface area contributed by atoms with Crippen molar-refractivity contribution in [3.05, 3.63) is 41.7 Å². The molecule has 128 valence electrons. The monoisotopic (exact) mass is 326 g/mol. The van der Waals surface area contributed by atoms with E-state index in [2.05, 4.69) is 53.3 Å². The van der Waals surface area contributed by atoms with Gasteiger partial charge in [-0.1, -0.05) is 20.8 Å². The minimum absolute atomic E-state index is 0.0539. The first-order chi connectivity index (χ1) is 11.4. The van der Waals surface area contributed by atoms with E-state index in [0.29, 0.717) is 5.69 Å². The number of amides is 1. The zero-order valence-electron chi connectivity index (χ0n) is 14.7. The van der Waals surface area contributed by atoms with Gasteiger partial charge in [0.05, 0.1) is 0 Å². The number of aromatic nitrogens is 2. The Bertz CT molecular complexity index is 691. The molecule has 1 aliphatic rings. The van der Waals surface area contributed by atoms with Crippen molar-refractivity contribution in [2.24, 2.45) is 0 Å². The van der Waals surface area contributed by atoms with Gasteiger partial charge in [0.25, 0.3) is 5.91 Å². The van der Waals surface area contributed by atoms with Crippen molar-refractivity contribution >= 4 is 17.3 Å². The third-order valence-corrected chi connectivity index (χ3v) is 4.46. The topological polar surface area (TPSA) is 61.0 Å². The lowest BCUT2D eigenvalue weighted by Crippen LogP contribution is -2.29. The van der Waals surface area contributed by atoms with Crippen LogP contribution in [0.5, 0.6) is 0 Å². The number of benzene rings is 1. The molecule has 2 heterocycles. The first-order valence-electron chi connectivity index (χ1n) is 8.66. The fourth-order valence-corrected chi connectivity index (χ4v) is 2.93. The number of piperidine rings is 1. The second-order valence-electron chi connectivity index (χ2n) is 7.47. The molecule has 1 aromatic carbocycles. The summed E-state index contributed by atoms with van der Waals surface area (Å²) >= 11 is 0. The number of rotatable bonds is 3. The zero-order chi connectivity index (χ0) is 17.2. The van der Waals surface area contributed by atoms with Crippen LogP contribution in [0.3, 0.4) is 0 Å². The van der Waals surface area contributed by atoms with Crippen molar-refractivity contribution in [1.29, 1.82) is 0 Å². The van der Waals surface area contributed by atoms with Crippen LogP contribution in [0.25, 0.3) is 0 Å². The van der Waals surface area contributed by atoms with Crippen LogP contribution in [0.2, 0.25) is 0 Å². The number of anilines is 2. The quantitative estimate of drug-likeness (QED) is 0.898. The Kier molecular flexibility index (Phi) is 4.60. The summed E-state index contributed by atoms with van der Waals surface area (Å²) in [6.45, 7) is 8.49. The number of carbonyl (C=O) groups excluding carboxylic acids is 1. The van der Waals surface area contributed by atoms with Gasteiger partial charge in [-0.3, -0.25) is 9.89 Å². The van der Waals surface area contributed by atoms with Crippen LogP contribution in [0, 0.1) is 0 Å². The summed E-state index contributed by atoms with van der Waals surface area (Å²) in [5.41, 5.74) is 3.33. The van der Waals surface area contributed by atoms with Gasteiger partial charge in [-0.05, 0) is 49.6 Å². The average molecular weight is 326 g/mol. The molecule has 1 fully saturated rings. The molecule has 0 unspecified atom stereocenters. The van der Waals surface area contributed by atoms with Gasteiger partial charge < -0.3 is 10.2 Å². The maximum atomic E-state index is 12.3. The highest BCUT2D eigenvalue weighted by molar-refractivity contribution is 6.03. The summed E-state index contributed by atoms with van der Waals surface area (Å²) in [7, 11) is 0. The summed E-state index contributed by atoms with van der Waals surface area (Å²) in [6, 6.07) is 9.88. The van der Waals surface area contributed by atoms with E-state index in [1.54, 1.807) is 0 Å². The van der Waals surface area contributed by atoms with Crippen molar-refractivity contribution in [2.75, 3.05) is 23.3 Å². The molecule has 1 aliphatic heterocycles. The summed E-state index contributed by atoms with van der Waals surface area (Å²) in [5.74, 6) is -0.188. The van der Waals surface area contributed by atoms with Crippen LogP contribution in [0.1, 0.15) is 56.2 Å². The van der Waals surface area contributed by atoms with Crippen molar-refractivity contribution < 1.29 is 4.79 Å². The molecule has 24 heavy (non-hydrogen) atoms. The van der Waals surface area contributed by atoms with Crippen LogP contribution in [-0.4, -0.2) is 29.2 Å². The number of H-pyrrole nitrogens is 1. The van der Waals surface area contributed by atoms with Crippen molar-refractivity contribution in [3.63, 3.8) is 0 Å². The highest BCUT2D eigenvalue weighted by Crippen LogP contribution is 2.23. The number of hydrogen-bond acceptors (Lipinski definition) is 3. The lowest BCUT2D eigenvalue weighted by atomic mass is 9.92. The molecular formula is C19H26N4O. The van der Waals surface area contributed by atoms with E-state index in [9.17, 15) is 4.79 Å². The zero-order valence-corrected chi connectivity index (χ0v) is 14.7. The molecule has 0 spiro atoms. The van der Waals surface area contributed by atoms with E-state index in [4.69, 9.17) is 0 Å². The lowest BCUT2D eigenvalue weighted by molar-refractivity contribution is 0.102. The molecule has 0 aliphatic carbocycles. The van der Waals surface area contributed by atoms with Gasteiger partial charge in [-0.15, -0.1) is 0 Å². The Balaban J connectivity index is 1.65. The minimum Gasteiger partial charge on any atom is -0.372 e. The van der Waals surface area contributed by atoms with Gasteiger partial charge in [0, 0.05) is 35.6 Å². The van der Waals surface area contributed by atoms with Crippen LogP contribution in [0.15, 0.2) is 30.3 Å². The molecule has 0 bridgehead atoms. The van der Waals surface area contributed by atoms with E-state index in [0.717, 1.165) is 24.5 Å². The Morgan fingerprint density at radius 1 is 1.12 bits per heavy atom. The molecular weight excluding hydrogens is 300 g/mol. The summed E-state index contributed by atoms with van der Waals surface area (Å²) in [6.07, 6.45) is 3.84. The molecule has 1 saturated heterocycles. The molecule has 5 heteroatoms. The minimum atomic E-state index is -0.188. The molecule has 5 nitrogen and oxygen atoms in total.